The van der Waals surface area contributed by atoms with Crippen molar-refractivity contribution < 1.29 is 4.79 Å². The monoisotopic (exact) mass is 240 g/mol. The van der Waals surface area contributed by atoms with Crippen LogP contribution < -0.4 is 5.32 Å². The summed E-state index contributed by atoms with van der Waals surface area (Å²) in [4.78, 5) is 17.9. The van der Waals surface area contributed by atoms with Crippen molar-refractivity contribution in [1.82, 2.24) is 14.3 Å². The number of nitrogens with one attached hydrogen (secondary N) is 1. The van der Waals surface area contributed by atoms with Gasteiger partial charge in [-0.05, 0) is 26.2 Å². The molecule has 6 heteroatoms. The summed E-state index contributed by atoms with van der Waals surface area (Å²) in [5.41, 5.74) is 0. The lowest BCUT2D eigenvalue weighted by Gasteiger charge is -2.26. The summed E-state index contributed by atoms with van der Waals surface area (Å²) in [6.07, 6.45) is 3.50. The minimum atomic E-state index is 0.160. The SMILES string of the molecule is Cc1nsc(NCC(=O)N2CCCCC2)n1. The van der Waals surface area contributed by atoms with Gasteiger partial charge in [-0.2, -0.15) is 4.37 Å². The maximum absolute atomic E-state index is 11.8. The molecule has 0 aromatic carbocycles. The summed E-state index contributed by atoms with van der Waals surface area (Å²) in [7, 11) is 0. The predicted octanol–water partition coefficient (Wildman–Crippen LogP) is 1.27. The van der Waals surface area contributed by atoms with E-state index in [2.05, 4.69) is 14.7 Å². The van der Waals surface area contributed by atoms with Gasteiger partial charge in [0.2, 0.25) is 11.0 Å². The second-order valence-corrected chi connectivity index (χ2v) is 4.69. The number of hydrogen-bond acceptors (Lipinski definition) is 5. The molecule has 0 radical (unpaired) electrons. The van der Waals surface area contributed by atoms with Crippen LogP contribution >= 0.6 is 11.5 Å². The predicted molar refractivity (Wildman–Crippen MR) is 63.6 cm³/mol. The van der Waals surface area contributed by atoms with Crippen LogP contribution in [0.2, 0.25) is 0 Å². The second kappa shape index (κ2) is 5.25. The highest BCUT2D eigenvalue weighted by Gasteiger charge is 2.16. The number of amides is 1. The van der Waals surface area contributed by atoms with E-state index in [9.17, 15) is 4.79 Å². The Morgan fingerprint density at radius 3 is 2.81 bits per heavy atom. The third-order valence-corrected chi connectivity index (χ3v) is 3.39. The number of nitrogens with zero attached hydrogens (tertiary/aromatic N) is 3. The molecule has 1 aliphatic rings. The van der Waals surface area contributed by atoms with Crippen LogP contribution in [0.4, 0.5) is 5.13 Å². The van der Waals surface area contributed by atoms with Gasteiger partial charge in [-0.15, -0.1) is 0 Å². The number of piperidine rings is 1. The van der Waals surface area contributed by atoms with Gasteiger partial charge in [0.25, 0.3) is 0 Å². The van der Waals surface area contributed by atoms with Crippen LogP contribution in [0.3, 0.4) is 0 Å². The Hall–Kier alpha value is -1.17. The molecule has 1 fully saturated rings. The Kier molecular flexibility index (Phi) is 3.71. The lowest BCUT2D eigenvalue weighted by atomic mass is 10.1. The van der Waals surface area contributed by atoms with Crippen molar-refractivity contribution in [1.29, 1.82) is 0 Å². The van der Waals surface area contributed by atoms with Gasteiger partial charge in [0.1, 0.15) is 5.82 Å². The van der Waals surface area contributed by atoms with Crippen molar-refractivity contribution in [3.63, 3.8) is 0 Å². The highest BCUT2D eigenvalue weighted by molar-refractivity contribution is 7.09. The molecular weight excluding hydrogens is 224 g/mol. The lowest BCUT2D eigenvalue weighted by Crippen LogP contribution is -2.39. The first-order valence-electron chi connectivity index (χ1n) is 5.57. The van der Waals surface area contributed by atoms with Crippen molar-refractivity contribution in [3.8, 4) is 0 Å². The molecule has 1 aliphatic heterocycles. The number of aryl methyl sites for hydroxylation is 1. The molecule has 2 rings (SSSR count). The third kappa shape index (κ3) is 2.91. The van der Waals surface area contributed by atoms with Crippen LogP contribution in [0.15, 0.2) is 0 Å². The number of anilines is 1. The zero-order valence-electron chi connectivity index (χ0n) is 9.40. The topological polar surface area (TPSA) is 58.1 Å². The van der Waals surface area contributed by atoms with Crippen molar-refractivity contribution in [2.24, 2.45) is 0 Å². The van der Waals surface area contributed by atoms with Crippen molar-refractivity contribution in [2.45, 2.75) is 26.2 Å². The van der Waals surface area contributed by atoms with E-state index in [1.54, 1.807) is 0 Å². The van der Waals surface area contributed by atoms with Crippen molar-refractivity contribution in [2.75, 3.05) is 25.0 Å². The fourth-order valence-electron chi connectivity index (χ4n) is 1.78. The van der Waals surface area contributed by atoms with Crippen LogP contribution in [0, 0.1) is 6.92 Å². The molecular formula is C10H16N4OS. The van der Waals surface area contributed by atoms with Gasteiger partial charge >= 0.3 is 0 Å². The summed E-state index contributed by atoms with van der Waals surface area (Å²) in [6, 6.07) is 0. The number of carbonyl (C=O) groups excluding carboxylic acids is 1. The second-order valence-electron chi connectivity index (χ2n) is 3.94. The zero-order chi connectivity index (χ0) is 11.4. The summed E-state index contributed by atoms with van der Waals surface area (Å²) >= 11 is 1.30. The van der Waals surface area contributed by atoms with E-state index in [0.29, 0.717) is 6.54 Å². The largest absolute Gasteiger partial charge is 0.351 e. The fourth-order valence-corrected chi connectivity index (χ4v) is 2.34. The zero-order valence-corrected chi connectivity index (χ0v) is 10.2. The normalized spacial score (nSPS) is 16.2. The fraction of sp³-hybridized carbons (Fsp3) is 0.700. The minimum Gasteiger partial charge on any atom is -0.351 e. The number of likely N-dealkylation sites (tertiary alicyclic amines) is 1. The number of aromatic nitrogens is 2. The van der Waals surface area contributed by atoms with Gasteiger partial charge in [-0.25, -0.2) is 4.98 Å². The standard InChI is InChI=1S/C10H16N4OS/c1-8-12-10(16-13-8)11-7-9(15)14-5-3-2-4-6-14/h2-7H2,1H3,(H,11,12,13). The molecule has 16 heavy (non-hydrogen) atoms. The van der Waals surface area contributed by atoms with E-state index in [4.69, 9.17) is 0 Å². The van der Waals surface area contributed by atoms with E-state index in [-0.39, 0.29) is 5.91 Å². The molecule has 0 atom stereocenters. The highest BCUT2D eigenvalue weighted by atomic mass is 32.1. The van der Waals surface area contributed by atoms with Gasteiger partial charge in [-0.1, -0.05) is 0 Å². The highest BCUT2D eigenvalue weighted by Crippen LogP contribution is 2.11. The third-order valence-electron chi connectivity index (χ3n) is 2.63. The summed E-state index contributed by atoms with van der Waals surface area (Å²) < 4.78 is 4.05. The minimum absolute atomic E-state index is 0.160. The quantitative estimate of drug-likeness (QED) is 0.864. The van der Waals surface area contributed by atoms with Crippen LogP contribution in [0.5, 0.6) is 0 Å². The first-order chi connectivity index (χ1) is 7.75. The van der Waals surface area contributed by atoms with Crippen LogP contribution in [-0.2, 0) is 4.79 Å². The van der Waals surface area contributed by atoms with E-state index in [1.807, 2.05) is 11.8 Å². The summed E-state index contributed by atoms with van der Waals surface area (Å²) in [5, 5.41) is 3.74. The van der Waals surface area contributed by atoms with Crippen molar-refractivity contribution >= 4 is 22.6 Å². The Morgan fingerprint density at radius 1 is 1.44 bits per heavy atom. The molecule has 2 heterocycles. The van der Waals surface area contributed by atoms with Gasteiger partial charge in [0.15, 0.2) is 0 Å². The Morgan fingerprint density at radius 2 is 2.19 bits per heavy atom. The van der Waals surface area contributed by atoms with E-state index >= 15 is 0 Å². The van der Waals surface area contributed by atoms with Crippen LogP contribution in [0.25, 0.3) is 0 Å². The number of rotatable bonds is 3. The number of hydrogen-bond donors (Lipinski definition) is 1. The van der Waals surface area contributed by atoms with E-state index in [1.165, 1.54) is 18.0 Å². The number of carbonyl (C=O) groups is 1. The molecule has 0 unspecified atom stereocenters. The molecule has 1 amide bonds. The lowest BCUT2D eigenvalue weighted by molar-refractivity contribution is -0.130. The Labute approximate surface area is 99.0 Å². The van der Waals surface area contributed by atoms with E-state index < -0.39 is 0 Å². The van der Waals surface area contributed by atoms with E-state index in [0.717, 1.165) is 36.9 Å². The maximum Gasteiger partial charge on any atom is 0.241 e. The molecule has 0 aliphatic carbocycles. The summed E-state index contributed by atoms with van der Waals surface area (Å²) in [5.74, 6) is 0.908. The van der Waals surface area contributed by atoms with Crippen LogP contribution in [0.1, 0.15) is 25.1 Å². The molecule has 88 valence electrons. The first kappa shape index (κ1) is 11.3. The Bertz CT molecular complexity index is 359. The molecule has 1 N–H and O–H groups in total. The molecule has 0 spiro atoms. The average molecular weight is 240 g/mol. The molecule has 0 bridgehead atoms. The van der Waals surface area contributed by atoms with Gasteiger partial charge < -0.3 is 10.2 Å². The van der Waals surface area contributed by atoms with Crippen molar-refractivity contribution in [3.05, 3.63) is 5.82 Å². The smallest absolute Gasteiger partial charge is 0.241 e. The molecule has 5 nitrogen and oxygen atoms in total. The van der Waals surface area contributed by atoms with Gasteiger partial charge in [0.05, 0.1) is 6.54 Å². The average Bonchev–Trinajstić information content (AvgIpc) is 2.73. The molecule has 1 aromatic rings. The Balaban J connectivity index is 1.78. The molecule has 1 saturated heterocycles. The van der Waals surface area contributed by atoms with Gasteiger partial charge in [-0.3, -0.25) is 4.79 Å². The first-order valence-corrected chi connectivity index (χ1v) is 6.35. The summed E-state index contributed by atoms with van der Waals surface area (Å²) in [6.45, 7) is 3.97. The maximum atomic E-state index is 11.8. The molecule has 0 saturated carbocycles. The molecule has 1 aromatic heterocycles. The van der Waals surface area contributed by atoms with Gasteiger partial charge in [0, 0.05) is 24.6 Å². The van der Waals surface area contributed by atoms with Crippen LogP contribution in [-0.4, -0.2) is 39.8 Å².